The summed E-state index contributed by atoms with van der Waals surface area (Å²) in [5.74, 6) is 1.38. The van der Waals surface area contributed by atoms with Gasteiger partial charge in [-0.1, -0.05) is 12.1 Å². The van der Waals surface area contributed by atoms with Gasteiger partial charge in [0.2, 0.25) is 0 Å². The molecule has 0 bridgehead atoms. The van der Waals surface area contributed by atoms with E-state index < -0.39 is 0 Å². The minimum absolute atomic E-state index is 0.280. The summed E-state index contributed by atoms with van der Waals surface area (Å²) in [6, 6.07) is 8.12. The Morgan fingerprint density at radius 2 is 2.11 bits per heavy atom. The first-order valence-electron chi connectivity index (χ1n) is 7.05. The molecule has 3 rings (SSSR count). The van der Waals surface area contributed by atoms with Crippen LogP contribution in [0.5, 0.6) is 0 Å². The van der Waals surface area contributed by atoms with Crippen molar-refractivity contribution in [2.24, 2.45) is 13.0 Å². The monoisotopic (exact) mass is 259 g/mol. The van der Waals surface area contributed by atoms with Gasteiger partial charge in [0.25, 0.3) is 0 Å². The van der Waals surface area contributed by atoms with Crippen LogP contribution in [0.2, 0.25) is 0 Å². The molecule has 2 N–H and O–H groups in total. The van der Waals surface area contributed by atoms with E-state index in [1.807, 2.05) is 25.2 Å². The van der Waals surface area contributed by atoms with Crippen molar-refractivity contribution in [2.45, 2.75) is 25.4 Å². The van der Waals surface area contributed by atoms with Crippen LogP contribution in [-0.2, 0) is 13.5 Å². The van der Waals surface area contributed by atoms with E-state index in [1.54, 1.807) is 0 Å². The van der Waals surface area contributed by atoms with Crippen LogP contribution in [0, 0.1) is 5.92 Å². The van der Waals surface area contributed by atoms with Crippen molar-refractivity contribution < 1.29 is 5.11 Å². The van der Waals surface area contributed by atoms with Gasteiger partial charge in [-0.3, -0.25) is 0 Å². The van der Waals surface area contributed by atoms with Gasteiger partial charge in [0.1, 0.15) is 5.82 Å². The number of fused-ring (bicyclic) bond motifs is 1. The SMILES string of the molecule is Cn1c(CC(O)C2CCNCC2)nc2ccccc21. The summed E-state index contributed by atoms with van der Waals surface area (Å²) in [7, 11) is 2.03. The van der Waals surface area contributed by atoms with Gasteiger partial charge in [-0.15, -0.1) is 0 Å². The average Bonchev–Trinajstić information content (AvgIpc) is 2.77. The Kier molecular flexibility index (Phi) is 3.53. The number of rotatable bonds is 3. The molecule has 2 heterocycles. The lowest BCUT2D eigenvalue weighted by Gasteiger charge is -2.27. The molecule has 1 saturated heterocycles. The fraction of sp³-hybridized carbons (Fsp3) is 0.533. The second-order valence-corrected chi connectivity index (χ2v) is 5.43. The van der Waals surface area contributed by atoms with Gasteiger partial charge in [-0.2, -0.15) is 0 Å². The molecule has 0 spiro atoms. The minimum atomic E-state index is -0.280. The number of hydrogen-bond donors (Lipinski definition) is 2. The van der Waals surface area contributed by atoms with E-state index in [4.69, 9.17) is 0 Å². The number of nitrogens with zero attached hydrogens (tertiary/aromatic N) is 2. The van der Waals surface area contributed by atoms with E-state index in [-0.39, 0.29) is 6.10 Å². The topological polar surface area (TPSA) is 50.1 Å². The minimum Gasteiger partial charge on any atom is -0.392 e. The fourth-order valence-electron chi connectivity index (χ4n) is 2.96. The lowest BCUT2D eigenvalue weighted by molar-refractivity contribution is 0.0868. The van der Waals surface area contributed by atoms with Crippen LogP contribution in [0.25, 0.3) is 11.0 Å². The van der Waals surface area contributed by atoms with E-state index in [0.717, 1.165) is 42.8 Å². The van der Waals surface area contributed by atoms with Gasteiger partial charge >= 0.3 is 0 Å². The van der Waals surface area contributed by atoms with Gasteiger partial charge in [0.15, 0.2) is 0 Å². The first-order chi connectivity index (χ1) is 9.25. The lowest BCUT2D eigenvalue weighted by Crippen LogP contribution is -2.35. The molecule has 0 aliphatic carbocycles. The average molecular weight is 259 g/mol. The molecule has 0 saturated carbocycles. The van der Waals surface area contributed by atoms with Crippen LogP contribution in [0.1, 0.15) is 18.7 Å². The maximum Gasteiger partial charge on any atom is 0.112 e. The predicted molar refractivity (Wildman–Crippen MR) is 76.0 cm³/mol. The molecule has 1 aromatic heterocycles. The normalized spacial score (nSPS) is 18.8. The molecule has 1 fully saturated rings. The number of hydrogen-bond acceptors (Lipinski definition) is 3. The molecule has 0 radical (unpaired) electrons. The van der Waals surface area contributed by atoms with Gasteiger partial charge < -0.3 is 15.0 Å². The van der Waals surface area contributed by atoms with E-state index in [2.05, 4.69) is 20.9 Å². The Labute approximate surface area is 113 Å². The molecule has 102 valence electrons. The third-order valence-corrected chi connectivity index (χ3v) is 4.20. The molecule has 19 heavy (non-hydrogen) atoms. The number of para-hydroxylation sites is 2. The van der Waals surface area contributed by atoms with Crippen molar-refractivity contribution in [1.82, 2.24) is 14.9 Å². The maximum atomic E-state index is 10.4. The van der Waals surface area contributed by atoms with Crippen LogP contribution in [0.4, 0.5) is 0 Å². The molecule has 4 heteroatoms. The summed E-state index contributed by atoms with van der Waals surface area (Å²) >= 11 is 0. The molecule has 1 aromatic carbocycles. The van der Waals surface area contributed by atoms with Crippen LogP contribution in [0.3, 0.4) is 0 Å². The summed E-state index contributed by atoms with van der Waals surface area (Å²) < 4.78 is 2.10. The third kappa shape index (κ3) is 2.51. The number of aryl methyl sites for hydroxylation is 1. The van der Waals surface area contributed by atoms with Crippen LogP contribution in [0.15, 0.2) is 24.3 Å². The van der Waals surface area contributed by atoms with E-state index in [9.17, 15) is 5.11 Å². The molecule has 0 amide bonds. The van der Waals surface area contributed by atoms with Gasteiger partial charge in [0.05, 0.1) is 17.1 Å². The van der Waals surface area contributed by atoms with Crippen molar-refractivity contribution in [3.05, 3.63) is 30.1 Å². The smallest absolute Gasteiger partial charge is 0.112 e. The predicted octanol–water partition coefficient (Wildman–Crippen LogP) is 1.48. The number of aliphatic hydroxyl groups excluding tert-OH is 1. The fourth-order valence-corrected chi connectivity index (χ4v) is 2.96. The zero-order valence-corrected chi connectivity index (χ0v) is 11.3. The highest BCUT2D eigenvalue weighted by atomic mass is 16.3. The van der Waals surface area contributed by atoms with Crippen molar-refractivity contribution in [2.75, 3.05) is 13.1 Å². The highest BCUT2D eigenvalue weighted by molar-refractivity contribution is 5.75. The zero-order chi connectivity index (χ0) is 13.2. The summed E-state index contributed by atoms with van der Waals surface area (Å²) in [5, 5.41) is 13.7. The zero-order valence-electron chi connectivity index (χ0n) is 11.3. The molecule has 1 atom stereocenters. The largest absolute Gasteiger partial charge is 0.392 e. The standard InChI is InChI=1S/C15H21N3O/c1-18-13-5-3-2-4-12(13)17-15(18)10-14(19)11-6-8-16-9-7-11/h2-5,11,14,16,19H,6-10H2,1H3. The van der Waals surface area contributed by atoms with Crippen LogP contribution in [-0.4, -0.2) is 33.9 Å². The van der Waals surface area contributed by atoms with Crippen LogP contribution >= 0.6 is 0 Å². The highest BCUT2D eigenvalue weighted by Gasteiger charge is 2.23. The Morgan fingerprint density at radius 1 is 1.37 bits per heavy atom. The number of aliphatic hydroxyl groups is 1. The molecule has 1 aliphatic rings. The number of nitrogens with one attached hydrogen (secondary N) is 1. The first kappa shape index (κ1) is 12.6. The van der Waals surface area contributed by atoms with Gasteiger partial charge in [-0.25, -0.2) is 4.98 Å². The summed E-state index contributed by atoms with van der Waals surface area (Å²) in [6.07, 6.45) is 2.49. The molecule has 2 aromatic rings. The van der Waals surface area contributed by atoms with Crippen molar-refractivity contribution in [1.29, 1.82) is 0 Å². The molecule has 1 unspecified atom stereocenters. The van der Waals surface area contributed by atoms with Gasteiger partial charge in [-0.05, 0) is 44.0 Å². The highest BCUT2D eigenvalue weighted by Crippen LogP contribution is 2.21. The Balaban J connectivity index is 1.78. The summed E-state index contributed by atoms with van der Waals surface area (Å²) in [5.41, 5.74) is 2.15. The molecule has 4 nitrogen and oxygen atoms in total. The summed E-state index contributed by atoms with van der Waals surface area (Å²) in [4.78, 5) is 4.63. The molecular formula is C15H21N3O. The van der Waals surface area contributed by atoms with E-state index in [0.29, 0.717) is 12.3 Å². The quantitative estimate of drug-likeness (QED) is 0.877. The van der Waals surface area contributed by atoms with Gasteiger partial charge in [0, 0.05) is 13.5 Å². The Bertz CT molecular complexity index is 558. The Hall–Kier alpha value is -1.39. The first-order valence-corrected chi connectivity index (χ1v) is 7.05. The van der Waals surface area contributed by atoms with Crippen molar-refractivity contribution >= 4 is 11.0 Å². The molecule has 1 aliphatic heterocycles. The maximum absolute atomic E-state index is 10.4. The van der Waals surface area contributed by atoms with Crippen molar-refractivity contribution in [3.8, 4) is 0 Å². The van der Waals surface area contributed by atoms with Crippen molar-refractivity contribution in [3.63, 3.8) is 0 Å². The summed E-state index contributed by atoms with van der Waals surface area (Å²) in [6.45, 7) is 2.04. The number of imidazole rings is 1. The Morgan fingerprint density at radius 3 is 2.84 bits per heavy atom. The lowest BCUT2D eigenvalue weighted by atomic mass is 9.90. The van der Waals surface area contributed by atoms with E-state index >= 15 is 0 Å². The second kappa shape index (κ2) is 5.31. The number of piperidine rings is 1. The third-order valence-electron chi connectivity index (χ3n) is 4.20. The second-order valence-electron chi connectivity index (χ2n) is 5.43. The number of aromatic nitrogens is 2. The molecular weight excluding hydrogens is 238 g/mol. The number of benzene rings is 1. The van der Waals surface area contributed by atoms with Crippen LogP contribution < -0.4 is 5.32 Å². The van der Waals surface area contributed by atoms with E-state index in [1.165, 1.54) is 0 Å².